The fourth-order valence-corrected chi connectivity index (χ4v) is 4.94. The molecule has 0 saturated heterocycles. The number of rotatable bonds is 5. The Balaban J connectivity index is 3.06. The smallest absolute Gasteiger partial charge is 0.207 e. The van der Waals surface area contributed by atoms with Crippen molar-refractivity contribution in [1.82, 2.24) is 4.72 Å². The normalized spacial score (nSPS) is 13.9. The van der Waals surface area contributed by atoms with E-state index in [2.05, 4.69) is 27.3 Å². The third kappa shape index (κ3) is 4.52. The van der Waals surface area contributed by atoms with Crippen LogP contribution in [0.2, 0.25) is 10.0 Å². The third-order valence-corrected chi connectivity index (χ3v) is 5.28. The molecule has 0 aromatic heterocycles. The maximum Gasteiger partial charge on any atom is 0.240 e. The summed E-state index contributed by atoms with van der Waals surface area (Å²) in [4.78, 5) is 0.0931. The van der Waals surface area contributed by atoms with Crippen LogP contribution >= 0.6 is 45.8 Å². The Morgan fingerprint density at radius 2 is 1.72 bits per heavy atom. The molecule has 0 amide bonds. The largest absolute Gasteiger partial charge is 0.240 e. The van der Waals surface area contributed by atoms with Crippen molar-refractivity contribution >= 4 is 55.8 Å². The van der Waals surface area contributed by atoms with Gasteiger partial charge >= 0.3 is 0 Å². The van der Waals surface area contributed by atoms with E-state index in [1.165, 1.54) is 18.2 Å². The number of nitrogens with one attached hydrogen (secondary N) is 1. The lowest BCUT2D eigenvalue weighted by Crippen LogP contribution is -2.39. The summed E-state index contributed by atoms with van der Waals surface area (Å²) in [7, 11) is -3.59. The van der Waals surface area contributed by atoms with E-state index in [0.717, 1.165) is 0 Å². The molecule has 1 aromatic rings. The van der Waals surface area contributed by atoms with Gasteiger partial charge in [0.1, 0.15) is 0 Å². The highest BCUT2D eigenvalue weighted by atomic mass is 127. The van der Waals surface area contributed by atoms with E-state index < -0.39 is 10.0 Å². The van der Waals surface area contributed by atoms with Crippen LogP contribution in [-0.2, 0) is 10.0 Å². The maximum atomic E-state index is 12.2. The Bertz CT molecular complexity index is 500. The summed E-state index contributed by atoms with van der Waals surface area (Å²) in [6, 6.07) is 4.16. The van der Waals surface area contributed by atoms with Crippen LogP contribution in [-0.4, -0.2) is 18.9 Å². The minimum absolute atomic E-state index is 0.0931. The molecular formula is C11H14Cl2INO2S. The molecule has 0 aliphatic carbocycles. The first kappa shape index (κ1) is 16.5. The minimum atomic E-state index is -3.59. The number of sulfonamides is 1. The molecule has 18 heavy (non-hydrogen) atoms. The number of benzene rings is 1. The lowest BCUT2D eigenvalue weighted by Gasteiger charge is -2.20. The fraction of sp³-hybridized carbons (Fsp3) is 0.455. The molecule has 1 N–H and O–H groups in total. The Hall–Kier alpha value is 0.440. The zero-order valence-corrected chi connectivity index (χ0v) is 14.4. The molecule has 0 fully saturated rings. The van der Waals surface area contributed by atoms with Gasteiger partial charge in [0.25, 0.3) is 0 Å². The van der Waals surface area contributed by atoms with E-state index in [1.54, 1.807) is 0 Å². The second-order valence-corrected chi connectivity index (χ2v) is 7.70. The van der Waals surface area contributed by atoms with Crippen molar-refractivity contribution in [2.75, 3.05) is 4.43 Å². The Kier molecular flexibility index (Phi) is 6.18. The standard InChI is InChI=1S/C11H14Cl2INO2S/c1-7(2)11(6-14)15-18(16,17)10-4-8(12)3-9(13)5-10/h3-5,7,11,15H,6H2,1-2H3. The number of hydrogen-bond donors (Lipinski definition) is 1. The van der Waals surface area contributed by atoms with E-state index in [0.29, 0.717) is 14.5 Å². The van der Waals surface area contributed by atoms with Crippen LogP contribution in [0.15, 0.2) is 23.1 Å². The van der Waals surface area contributed by atoms with Gasteiger partial charge in [-0.05, 0) is 24.1 Å². The molecule has 0 bridgehead atoms. The van der Waals surface area contributed by atoms with Crippen molar-refractivity contribution in [3.63, 3.8) is 0 Å². The zero-order valence-electron chi connectivity index (χ0n) is 9.95. The number of hydrogen-bond acceptors (Lipinski definition) is 2. The molecule has 0 aliphatic heterocycles. The SMILES string of the molecule is CC(C)C(CI)NS(=O)(=O)c1cc(Cl)cc(Cl)c1. The lowest BCUT2D eigenvalue weighted by molar-refractivity contribution is 0.486. The van der Waals surface area contributed by atoms with Gasteiger partial charge in [-0.25, -0.2) is 13.1 Å². The second-order valence-electron chi connectivity index (χ2n) is 4.23. The van der Waals surface area contributed by atoms with Gasteiger partial charge in [0.05, 0.1) is 4.90 Å². The summed E-state index contributed by atoms with van der Waals surface area (Å²) in [5.74, 6) is 0.214. The van der Waals surface area contributed by atoms with Crippen LogP contribution in [0.4, 0.5) is 0 Å². The molecule has 0 saturated carbocycles. The average Bonchev–Trinajstić information content (AvgIpc) is 2.24. The van der Waals surface area contributed by atoms with Crippen LogP contribution in [0.1, 0.15) is 13.8 Å². The Labute approximate surface area is 131 Å². The zero-order chi connectivity index (χ0) is 13.9. The van der Waals surface area contributed by atoms with E-state index in [4.69, 9.17) is 23.2 Å². The molecule has 102 valence electrons. The van der Waals surface area contributed by atoms with Gasteiger partial charge in [0, 0.05) is 20.5 Å². The maximum absolute atomic E-state index is 12.2. The van der Waals surface area contributed by atoms with Crippen LogP contribution < -0.4 is 4.72 Å². The molecule has 3 nitrogen and oxygen atoms in total. The minimum Gasteiger partial charge on any atom is -0.207 e. The van der Waals surface area contributed by atoms with Gasteiger partial charge in [-0.15, -0.1) is 0 Å². The molecule has 0 heterocycles. The molecule has 1 aromatic carbocycles. The van der Waals surface area contributed by atoms with Crippen molar-refractivity contribution in [2.24, 2.45) is 5.92 Å². The van der Waals surface area contributed by atoms with E-state index in [9.17, 15) is 8.42 Å². The second kappa shape index (κ2) is 6.74. The predicted octanol–water partition coefficient (Wildman–Crippen LogP) is 3.73. The lowest BCUT2D eigenvalue weighted by atomic mass is 10.1. The summed E-state index contributed by atoms with van der Waals surface area (Å²) in [5.41, 5.74) is 0. The first-order valence-corrected chi connectivity index (χ1v) is 9.07. The molecule has 1 unspecified atom stereocenters. The molecule has 1 rings (SSSR count). The van der Waals surface area contributed by atoms with Crippen LogP contribution in [0.5, 0.6) is 0 Å². The first-order valence-electron chi connectivity index (χ1n) is 5.30. The quantitative estimate of drug-likeness (QED) is 0.581. The first-order chi connectivity index (χ1) is 8.26. The van der Waals surface area contributed by atoms with Crippen molar-refractivity contribution in [2.45, 2.75) is 24.8 Å². The van der Waals surface area contributed by atoms with E-state index >= 15 is 0 Å². The fourth-order valence-electron chi connectivity index (χ4n) is 1.30. The number of alkyl halides is 1. The molecule has 0 aliphatic rings. The molecular weight excluding hydrogens is 408 g/mol. The summed E-state index contributed by atoms with van der Waals surface area (Å²) < 4.78 is 27.7. The van der Waals surface area contributed by atoms with Crippen molar-refractivity contribution in [3.05, 3.63) is 28.2 Å². The third-order valence-electron chi connectivity index (χ3n) is 2.42. The highest BCUT2D eigenvalue weighted by Gasteiger charge is 2.22. The van der Waals surface area contributed by atoms with Gasteiger partial charge in [0.2, 0.25) is 10.0 Å². The van der Waals surface area contributed by atoms with Gasteiger partial charge in [-0.3, -0.25) is 0 Å². The van der Waals surface area contributed by atoms with Gasteiger partial charge in [-0.1, -0.05) is 59.6 Å². The predicted molar refractivity (Wildman–Crippen MR) is 84.3 cm³/mol. The van der Waals surface area contributed by atoms with Crippen LogP contribution in [0, 0.1) is 5.92 Å². The van der Waals surface area contributed by atoms with Crippen LogP contribution in [0.3, 0.4) is 0 Å². The average molecular weight is 422 g/mol. The van der Waals surface area contributed by atoms with Crippen molar-refractivity contribution in [3.8, 4) is 0 Å². The van der Waals surface area contributed by atoms with Crippen molar-refractivity contribution < 1.29 is 8.42 Å². The molecule has 0 radical (unpaired) electrons. The van der Waals surface area contributed by atoms with Gasteiger partial charge in [0.15, 0.2) is 0 Å². The molecule has 1 atom stereocenters. The number of halogens is 3. The van der Waals surface area contributed by atoms with E-state index in [1.807, 2.05) is 13.8 Å². The summed E-state index contributed by atoms with van der Waals surface area (Å²) in [5, 5.41) is 0.608. The summed E-state index contributed by atoms with van der Waals surface area (Å²) in [6.45, 7) is 3.94. The van der Waals surface area contributed by atoms with Crippen molar-refractivity contribution in [1.29, 1.82) is 0 Å². The molecule has 7 heteroatoms. The Morgan fingerprint density at radius 1 is 1.22 bits per heavy atom. The van der Waals surface area contributed by atoms with E-state index in [-0.39, 0.29) is 16.9 Å². The van der Waals surface area contributed by atoms with Gasteiger partial charge < -0.3 is 0 Å². The summed E-state index contributed by atoms with van der Waals surface area (Å²) in [6.07, 6.45) is 0. The monoisotopic (exact) mass is 421 g/mol. The highest BCUT2D eigenvalue weighted by molar-refractivity contribution is 14.1. The van der Waals surface area contributed by atoms with Crippen LogP contribution in [0.25, 0.3) is 0 Å². The molecule has 0 spiro atoms. The van der Waals surface area contributed by atoms with Gasteiger partial charge in [-0.2, -0.15) is 0 Å². The topological polar surface area (TPSA) is 46.2 Å². The summed E-state index contributed by atoms with van der Waals surface area (Å²) >= 11 is 13.8. The highest BCUT2D eigenvalue weighted by Crippen LogP contribution is 2.23. The Morgan fingerprint density at radius 3 is 2.11 bits per heavy atom.